The van der Waals surface area contributed by atoms with Crippen molar-refractivity contribution in [2.45, 2.75) is 37.7 Å². The largest absolute Gasteiger partial charge is 0.420 e. The Morgan fingerprint density at radius 1 is 1.06 bits per heavy atom. The Morgan fingerprint density at radius 2 is 1.81 bits per heavy atom. The maximum absolute atomic E-state index is 13.1. The van der Waals surface area contributed by atoms with E-state index in [1.54, 1.807) is 34.9 Å². The van der Waals surface area contributed by atoms with Crippen LogP contribution in [0.25, 0.3) is 22.4 Å². The van der Waals surface area contributed by atoms with E-state index in [2.05, 4.69) is 24.0 Å². The highest BCUT2D eigenvalue weighted by Gasteiger charge is 2.15. The van der Waals surface area contributed by atoms with Gasteiger partial charge in [0.05, 0.1) is 16.7 Å². The van der Waals surface area contributed by atoms with Crippen LogP contribution in [0, 0.1) is 5.92 Å². The van der Waals surface area contributed by atoms with E-state index in [1.807, 2.05) is 12.1 Å². The molecule has 0 N–H and O–H groups in total. The third-order valence-corrected chi connectivity index (χ3v) is 6.14. The van der Waals surface area contributed by atoms with Crippen molar-refractivity contribution >= 4 is 45.9 Å². The van der Waals surface area contributed by atoms with Crippen LogP contribution in [0.4, 0.5) is 0 Å². The van der Waals surface area contributed by atoms with Crippen LogP contribution in [0.2, 0.25) is 10.0 Å². The van der Waals surface area contributed by atoms with Crippen LogP contribution in [0.5, 0.6) is 0 Å². The minimum Gasteiger partial charge on any atom is -0.420 e. The van der Waals surface area contributed by atoms with Gasteiger partial charge in [-0.2, -0.15) is 0 Å². The van der Waals surface area contributed by atoms with Gasteiger partial charge in [0.25, 0.3) is 5.56 Å². The fraction of sp³-hybridized carbons (Fsp3) is 0.273. The summed E-state index contributed by atoms with van der Waals surface area (Å²) in [6, 6.07) is 12.3. The van der Waals surface area contributed by atoms with Crippen molar-refractivity contribution in [3.05, 3.63) is 68.8 Å². The summed E-state index contributed by atoms with van der Waals surface area (Å²) in [5.74, 6) is 1.72. The van der Waals surface area contributed by atoms with Gasteiger partial charge in [0.1, 0.15) is 0 Å². The number of thioether (sulfide) groups is 1. The van der Waals surface area contributed by atoms with E-state index in [-0.39, 0.29) is 5.56 Å². The van der Waals surface area contributed by atoms with Crippen LogP contribution in [0.15, 0.2) is 56.8 Å². The Balaban J connectivity index is 1.62. The van der Waals surface area contributed by atoms with Gasteiger partial charge in [0, 0.05) is 22.2 Å². The summed E-state index contributed by atoms with van der Waals surface area (Å²) in [6.45, 7) is 4.84. The molecule has 160 valence electrons. The second kappa shape index (κ2) is 9.42. The predicted molar refractivity (Wildman–Crippen MR) is 125 cm³/mol. The molecule has 2 aromatic carbocycles. The van der Waals surface area contributed by atoms with Gasteiger partial charge in [-0.3, -0.25) is 9.36 Å². The zero-order valence-electron chi connectivity index (χ0n) is 17.0. The number of benzene rings is 2. The van der Waals surface area contributed by atoms with Crippen LogP contribution >= 0.6 is 35.0 Å². The van der Waals surface area contributed by atoms with Crippen LogP contribution in [-0.4, -0.2) is 19.7 Å². The third-order valence-electron chi connectivity index (χ3n) is 4.70. The normalized spacial score (nSPS) is 11.5. The highest BCUT2D eigenvalue weighted by Crippen LogP contribution is 2.26. The van der Waals surface area contributed by atoms with Crippen LogP contribution in [0.3, 0.4) is 0 Å². The molecule has 0 saturated heterocycles. The number of rotatable bonds is 7. The van der Waals surface area contributed by atoms with Gasteiger partial charge in [-0.15, -0.1) is 10.2 Å². The summed E-state index contributed by atoms with van der Waals surface area (Å²) in [6.07, 6.45) is 0.871. The lowest BCUT2D eigenvalue weighted by molar-refractivity contribution is 0.480. The molecule has 0 aliphatic heterocycles. The van der Waals surface area contributed by atoms with Gasteiger partial charge in [-0.25, -0.2) is 4.98 Å². The van der Waals surface area contributed by atoms with Crippen molar-refractivity contribution in [1.82, 2.24) is 19.7 Å². The molecule has 0 unspecified atom stereocenters. The van der Waals surface area contributed by atoms with Gasteiger partial charge in [0.2, 0.25) is 11.8 Å². The minimum absolute atomic E-state index is 0.0720. The van der Waals surface area contributed by atoms with Crippen LogP contribution in [-0.2, 0) is 12.3 Å². The van der Waals surface area contributed by atoms with E-state index in [1.165, 1.54) is 11.8 Å². The molecule has 0 radical (unpaired) electrons. The Bertz CT molecular complexity index is 1270. The molecular formula is C22H20Cl2N4O2S. The van der Waals surface area contributed by atoms with E-state index in [0.29, 0.717) is 56.1 Å². The first-order valence-corrected chi connectivity index (χ1v) is 11.6. The number of aromatic nitrogens is 4. The molecule has 0 spiro atoms. The number of halogens is 2. The van der Waals surface area contributed by atoms with Gasteiger partial charge in [-0.05, 0) is 54.8 Å². The summed E-state index contributed by atoms with van der Waals surface area (Å²) < 4.78 is 7.50. The fourth-order valence-electron chi connectivity index (χ4n) is 3.02. The lowest BCUT2D eigenvalue weighted by atomic mass is 10.1. The van der Waals surface area contributed by atoms with E-state index in [4.69, 9.17) is 32.6 Å². The maximum atomic E-state index is 13.1. The first-order chi connectivity index (χ1) is 14.9. The van der Waals surface area contributed by atoms with Gasteiger partial charge < -0.3 is 4.42 Å². The fourth-order valence-corrected chi connectivity index (χ4v) is 4.17. The molecular weight excluding hydrogens is 455 g/mol. The summed E-state index contributed by atoms with van der Waals surface area (Å²) >= 11 is 13.4. The monoisotopic (exact) mass is 474 g/mol. The molecule has 2 heterocycles. The number of nitrogens with zero attached hydrogens (tertiary/aromatic N) is 4. The second-order valence-corrected chi connectivity index (χ2v) is 9.31. The second-order valence-electron chi connectivity index (χ2n) is 7.49. The van der Waals surface area contributed by atoms with Crippen LogP contribution < -0.4 is 5.56 Å². The van der Waals surface area contributed by atoms with Crippen molar-refractivity contribution in [1.29, 1.82) is 0 Å². The molecule has 9 heteroatoms. The van der Waals surface area contributed by atoms with Gasteiger partial charge in [0.15, 0.2) is 5.16 Å². The quantitative estimate of drug-likeness (QED) is 0.238. The molecule has 4 aromatic rings. The molecule has 0 bridgehead atoms. The Morgan fingerprint density at radius 3 is 2.55 bits per heavy atom. The molecule has 0 aliphatic carbocycles. The lowest BCUT2D eigenvalue weighted by Crippen LogP contribution is -2.24. The smallest absolute Gasteiger partial charge is 0.262 e. The van der Waals surface area contributed by atoms with Crippen LogP contribution in [0.1, 0.15) is 26.2 Å². The topological polar surface area (TPSA) is 73.8 Å². The summed E-state index contributed by atoms with van der Waals surface area (Å²) in [5.41, 5.74) is 1.30. The van der Waals surface area contributed by atoms with Crippen molar-refractivity contribution < 1.29 is 4.42 Å². The molecule has 2 aromatic heterocycles. The average Bonchev–Trinajstić information content (AvgIpc) is 3.21. The highest BCUT2D eigenvalue weighted by molar-refractivity contribution is 7.98. The van der Waals surface area contributed by atoms with E-state index in [9.17, 15) is 4.79 Å². The van der Waals surface area contributed by atoms with E-state index in [0.717, 1.165) is 12.0 Å². The first-order valence-electron chi connectivity index (χ1n) is 9.82. The van der Waals surface area contributed by atoms with Gasteiger partial charge >= 0.3 is 0 Å². The molecule has 31 heavy (non-hydrogen) atoms. The lowest BCUT2D eigenvalue weighted by Gasteiger charge is -2.13. The van der Waals surface area contributed by atoms with Crippen molar-refractivity contribution in [2.24, 2.45) is 5.92 Å². The SMILES string of the molecule is CC(C)CCn1c(SCc2nnc(-c3ccc(Cl)cc3)o2)nc2cc(Cl)ccc2c1=O. The Hall–Kier alpha value is -2.35. The zero-order chi connectivity index (χ0) is 22.0. The highest BCUT2D eigenvalue weighted by atomic mass is 35.5. The number of fused-ring (bicyclic) bond motifs is 1. The molecule has 0 fully saturated rings. The molecule has 0 amide bonds. The first kappa shape index (κ1) is 21.9. The Kier molecular flexibility index (Phi) is 6.65. The van der Waals surface area contributed by atoms with Crippen molar-refractivity contribution in [3.8, 4) is 11.5 Å². The molecule has 0 saturated carbocycles. The molecule has 0 aliphatic rings. The molecule has 4 rings (SSSR count). The Labute approximate surface area is 193 Å². The van der Waals surface area contributed by atoms with Crippen molar-refractivity contribution in [3.63, 3.8) is 0 Å². The third kappa shape index (κ3) is 5.11. The maximum Gasteiger partial charge on any atom is 0.262 e. The summed E-state index contributed by atoms with van der Waals surface area (Å²) in [4.78, 5) is 17.8. The minimum atomic E-state index is -0.0720. The molecule has 6 nitrogen and oxygen atoms in total. The van der Waals surface area contributed by atoms with Gasteiger partial charge in [-0.1, -0.05) is 48.8 Å². The summed E-state index contributed by atoms with van der Waals surface area (Å²) in [7, 11) is 0. The number of hydrogen-bond donors (Lipinski definition) is 0. The van der Waals surface area contributed by atoms with Crippen molar-refractivity contribution in [2.75, 3.05) is 0 Å². The van der Waals surface area contributed by atoms with E-state index < -0.39 is 0 Å². The standard InChI is InChI=1S/C22H20Cl2N4O2S/c1-13(2)9-10-28-21(29)17-8-7-16(24)11-18(17)25-22(28)31-12-19-26-27-20(30-19)14-3-5-15(23)6-4-14/h3-8,11,13H,9-10,12H2,1-2H3. The predicted octanol–water partition coefficient (Wildman–Crippen LogP) is 6.09. The van der Waals surface area contributed by atoms with E-state index >= 15 is 0 Å². The molecule has 0 atom stereocenters. The number of hydrogen-bond acceptors (Lipinski definition) is 6. The zero-order valence-corrected chi connectivity index (χ0v) is 19.3. The summed E-state index contributed by atoms with van der Waals surface area (Å²) in [5, 5.41) is 10.6. The average molecular weight is 475 g/mol.